The lowest BCUT2D eigenvalue weighted by Crippen LogP contribution is -2.27. The van der Waals surface area contributed by atoms with Gasteiger partial charge in [-0.15, -0.1) is 16.4 Å². The predicted octanol–water partition coefficient (Wildman–Crippen LogP) is 2.31. The SMILES string of the molecule is CCCc1nc(C(=O)NC(C)c2cccs2)n[nH]1. The Balaban J connectivity index is 1.98. The van der Waals surface area contributed by atoms with Gasteiger partial charge in [0, 0.05) is 11.3 Å². The number of nitrogens with zero attached hydrogens (tertiary/aromatic N) is 2. The molecule has 1 amide bonds. The maximum absolute atomic E-state index is 11.9. The normalized spacial score (nSPS) is 12.3. The number of H-pyrrole nitrogens is 1. The van der Waals surface area contributed by atoms with Crippen molar-refractivity contribution in [3.63, 3.8) is 0 Å². The van der Waals surface area contributed by atoms with E-state index in [1.807, 2.05) is 24.4 Å². The van der Waals surface area contributed by atoms with Crippen molar-refractivity contribution in [2.45, 2.75) is 32.7 Å². The Morgan fingerprint density at radius 3 is 3.11 bits per heavy atom. The van der Waals surface area contributed by atoms with E-state index in [2.05, 4.69) is 27.4 Å². The molecule has 2 rings (SSSR count). The molecule has 0 aliphatic carbocycles. The molecule has 96 valence electrons. The lowest BCUT2D eigenvalue weighted by atomic mass is 10.3. The fourth-order valence-corrected chi connectivity index (χ4v) is 2.35. The Kier molecular flexibility index (Phi) is 4.09. The zero-order valence-corrected chi connectivity index (χ0v) is 11.3. The van der Waals surface area contributed by atoms with Crippen molar-refractivity contribution in [2.24, 2.45) is 0 Å². The first-order chi connectivity index (χ1) is 8.70. The van der Waals surface area contributed by atoms with Gasteiger partial charge in [-0.2, -0.15) is 0 Å². The summed E-state index contributed by atoms with van der Waals surface area (Å²) in [6, 6.07) is 3.94. The van der Waals surface area contributed by atoms with Crippen LogP contribution in [0.1, 0.15) is 47.6 Å². The van der Waals surface area contributed by atoms with Crippen molar-refractivity contribution < 1.29 is 4.79 Å². The fourth-order valence-electron chi connectivity index (χ4n) is 1.62. The third kappa shape index (κ3) is 2.95. The van der Waals surface area contributed by atoms with E-state index >= 15 is 0 Å². The van der Waals surface area contributed by atoms with Crippen LogP contribution < -0.4 is 5.32 Å². The standard InChI is InChI=1S/C12H16N4OS/c1-3-5-10-14-11(16-15-10)12(17)13-8(2)9-6-4-7-18-9/h4,6-8H,3,5H2,1-2H3,(H,13,17)(H,14,15,16). The van der Waals surface area contributed by atoms with Crippen LogP contribution in [-0.4, -0.2) is 21.1 Å². The van der Waals surface area contributed by atoms with Gasteiger partial charge in [-0.05, 0) is 24.8 Å². The Hall–Kier alpha value is -1.69. The Bertz CT molecular complexity index is 506. The van der Waals surface area contributed by atoms with E-state index in [0.717, 1.165) is 23.5 Å². The average molecular weight is 264 g/mol. The lowest BCUT2D eigenvalue weighted by Gasteiger charge is -2.09. The van der Waals surface area contributed by atoms with E-state index in [4.69, 9.17) is 0 Å². The lowest BCUT2D eigenvalue weighted by molar-refractivity contribution is 0.0930. The zero-order chi connectivity index (χ0) is 13.0. The van der Waals surface area contributed by atoms with Crippen LogP contribution in [0.2, 0.25) is 0 Å². The molecule has 2 aromatic rings. The van der Waals surface area contributed by atoms with E-state index in [1.165, 1.54) is 0 Å². The first-order valence-corrected chi connectivity index (χ1v) is 6.84. The summed E-state index contributed by atoms with van der Waals surface area (Å²) in [4.78, 5) is 17.2. The molecule has 5 nitrogen and oxygen atoms in total. The van der Waals surface area contributed by atoms with E-state index in [-0.39, 0.29) is 17.8 Å². The summed E-state index contributed by atoms with van der Waals surface area (Å²) in [5.74, 6) is 0.725. The monoisotopic (exact) mass is 264 g/mol. The van der Waals surface area contributed by atoms with Crippen molar-refractivity contribution in [3.8, 4) is 0 Å². The molecule has 0 aliphatic heterocycles. The molecular formula is C12H16N4OS. The largest absolute Gasteiger partial charge is 0.342 e. The average Bonchev–Trinajstić information content (AvgIpc) is 3.00. The highest BCUT2D eigenvalue weighted by molar-refractivity contribution is 7.10. The van der Waals surface area contributed by atoms with Gasteiger partial charge in [0.1, 0.15) is 5.82 Å². The zero-order valence-electron chi connectivity index (χ0n) is 10.4. The minimum atomic E-state index is -0.241. The Morgan fingerprint density at radius 1 is 1.61 bits per heavy atom. The molecule has 0 saturated heterocycles. The summed E-state index contributed by atoms with van der Waals surface area (Å²) in [6.45, 7) is 4.00. The summed E-state index contributed by atoms with van der Waals surface area (Å²) >= 11 is 1.62. The molecule has 0 spiro atoms. The number of aromatic nitrogens is 3. The van der Waals surface area contributed by atoms with Gasteiger partial charge in [-0.25, -0.2) is 4.98 Å². The minimum Gasteiger partial charge on any atom is -0.342 e. The smallest absolute Gasteiger partial charge is 0.291 e. The number of carbonyl (C=O) groups is 1. The molecule has 0 aromatic carbocycles. The number of aryl methyl sites for hydroxylation is 1. The molecule has 0 radical (unpaired) electrons. The summed E-state index contributed by atoms with van der Waals surface area (Å²) < 4.78 is 0. The molecule has 0 bridgehead atoms. The van der Waals surface area contributed by atoms with Crippen LogP contribution >= 0.6 is 11.3 Å². The van der Waals surface area contributed by atoms with Crippen LogP contribution in [0.4, 0.5) is 0 Å². The summed E-state index contributed by atoms with van der Waals surface area (Å²) in [5.41, 5.74) is 0. The molecule has 0 saturated carbocycles. The van der Waals surface area contributed by atoms with Crippen molar-refractivity contribution in [1.29, 1.82) is 0 Å². The van der Waals surface area contributed by atoms with Crippen LogP contribution in [0.3, 0.4) is 0 Å². The van der Waals surface area contributed by atoms with Gasteiger partial charge >= 0.3 is 0 Å². The number of hydrogen-bond donors (Lipinski definition) is 2. The van der Waals surface area contributed by atoms with Crippen LogP contribution in [0.15, 0.2) is 17.5 Å². The molecule has 6 heteroatoms. The summed E-state index contributed by atoms with van der Waals surface area (Å²) in [5, 5.41) is 11.6. The molecular weight excluding hydrogens is 248 g/mol. The number of thiophene rings is 1. The molecule has 2 heterocycles. The second-order valence-electron chi connectivity index (χ2n) is 4.07. The Labute approximate surface area is 110 Å². The summed E-state index contributed by atoms with van der Waals surface area (Å²) in [7, 11) is 0. The molecule has 0 aliphatic rings. The van der Waals surface area contributed by atoms with Gasteiger partial charge in [0.15, 0.2) is 0 Å². The predicted molar refractivity (Wildman–Crippen MR) is 70.6 cm³/mol. The van der Waals surface area contributed by atoms with Gasteiger partial charge < -0.3 is 5.32 Å². The van der Waals surface area contributed by atoms with Gasteiger partial charge in [-0.3, -0.25) is 9.89 Å². The maximum Gasteiger partial charge on any atom is 0.291 e. The van der Waals surface area contributed by atoms with Crippen molar-refractivity contribution >= 4 is 17.2 Å². The van der Waals surface area contributed by atoms with Crippen molar-refractivity contribution in [2.75, 3.05) is 0 Å². The maximum atomic E-state index is 11.9. The van der Waals surface area contributed by atoms with Crippen LogP contribution in [-0.2, 0) is 6.42 Å². The third-order valence-electron chi connectivity index (χ3n) is 2.54. The fraction of sp³-hybridized carbons (Fsp3) is 0.417. The molecule has 1 atom stereocenters. The van der Waals surface area contributed by atoms with E-state index < -0.39 is 0 Å². The number of nitrogens with one attached hydrogen (secondary N) is 2. The third-order valence-corrected chi connectivity index (χ3v) is 3.59. The molecule has 2 N–H and O–H groups in total. The highest BCUT2D eigenvalue weighted by Gasteiger charge is 2.16. The number of aromatic amines is 1. The quantitative estimate of drug-likeness (QED) is 0.870. The number of carbonyl (C=O) groups excluding carboxylic acids is 1. The minimum absolute atomic E-state index is 0.0226. The molecule has 1 unspecified atom stereocenters. The van der Waals surface area contributed by atoms with Crippen molar-refractivity contribution in [1.82, 2.24) is 20.5 Å². The van der Waals surface area contributed by atoms with Gasteiger partial charge in [0.05, 0.1) is 6.04 Å². The van der Waals surface area contributed by atoms with E-state index in [1.54, 1.807) is 11.3 Å². The van der Waals surface area contributed by atoms with E-state index in [9.17, 15) is 4.79 Å². The molecule has 18 heavy (non-hydrogen) atoms. The van der Waals surface area contributed by atoms with Gasteiger partial charge in [0.2, 0.25) is 5.82 Å². The second-order valence-corrected chi connectivity index (χ2v) is 5.05. The van der Waals surface area contributed by atoms with Crippen LogP contribution in [0.5, 0.6) is 0 Å². The highest BCUT2D eigenvalue weighted by atomic mass is 32.1. The molecule has 2 aromatic heterocycles. The number of hydrogen-bond acceptors (Lipinski definition) is 4. The summed E-state index contributed by atoms with van der Waals surface area (Å²) in [6.07, 6.45) is 1.78. The van der Waals surface area contributed by atoms with Gasteiger partial charge in [-0.1, -0.05) is 13.0 Å². The van der Waals surface area contributed by atoms with Crippen molar-refractivity contribution in [3.05, 3.63) is 34.0 Å². The number of amides is 1. The second kappa shape index (κ2) is 5.77. The first kappa shape index (κ1) is 12.8. The highest BCUT2D eigenvalue weighted by Crippen LogP contribution is 2.18. The topological polar surface area (TPSA) is 70.7 Å². The van der Waals surface area contributed by atoms with E-state index in [0.29, 0.717) is 0 Å². The number of rotatable bonds is 5. The van der Waals surface area contributed by atoms with Gasteiger partial charge in [0.25, 0.3) is 5.91 Å². The molecule has 0 fully saturated rings. The van der Waals surface area contributed by atoms with Crippen LogP contribution in [0, 0.1) is 0 Å². The first-order valence-electron chi connectivity index (χ1n) is 5.96. The Morgan fingerprint density at radius 2 is 2.44 bits per heavy atom. The van der Waals surface area contributed by atoms with Crippen LogP contribution in [0.25, 0.3) is 0 Å².